The van der Waals surface area contributed by atoms with E-state index in [1.807, 2.05) is 0 Å². The Balaban J connectivity index is 2.12. The van der Waals surface area contributed by atoms with Gasteiger partial charge in [0.2, 0.25) is 0 Å². The minimum atomic E-state index is -0.379. The number of benzene rings is 1. The predicted molar refractivity (Wildman–Crippen MR) is 73.2 cm³/mol. The van der Waals surface area contributed by atoms with Gasteiger partial charge in [0.15, 0.2) is 0 Å². The molecule has 1 fully saturated rings. The van der Waals surface area contributed by atoms with Gasteiger partial charge in [-0.1, -0.05) is 31.4 Å². The summed E-state index contributed by atoms with van der Waals surface area (Å²) in [6.07, 6.45) is 4.84. The zero-order valence-corrected chi connectivity index (χ0v) is 11.2. The summed E-state index contributed by atoms with van der Waals surface area (Å²) in [4.78, 5) is 10.6. The maximum Gasteiger partial charge on any atom is 0.292 e. The molecule has 0 aromatic heterocycles. The number of nitro benzene ring substituents is 1. The summed E-state index contributed by atoms with van der Waals surface area (Å²) in [5, 5.41) is 14.6. The quantitative estimate of drug-likeness (QED) is 0.656. The smallest absolute Gasteiger partial charge is 0.292 e. The lowest BCUT2D eigenvalue weighted by Gasteiger charge is -2.24. The Bertz CT molecular complexity index is 456. The number of nitrogens with one attached hydrogen (secondary N) is 1. The van der Waals surface area contributed by atoms with Gasteiger partial charge in [-0.05, 0) is 30.4 Å². The van der Waals surface area contributed by atoms with Crippen LogP contribution < -0.4 is 5.32 Å². The van der Waals surface area contributed by atoms with E-state index in [2.05, 4.69) is 12.2 Å². The highest BCUT2D eigenvalue weighted by Gasteiger charge is 2.29. The van der Waals surface area contributed by atoms with Crippen molar-refractivity contribution < 1.29 is 4.92 Å². The highest BCUT2D eigenvalue weighted by Crippen LogP contribution is 2.38. The van der Waals surface area contributed by atoms with Crippen LogP contribution in [0.3, 0.4) is 0 Å². The fourth-order valence-electron chi connectivity index (χ4n) is 2.52. The highest BCUT2D eigenvalue weighted by molar-refractivity contribution is 6.31. The molecule has 0 amide bonds. The van der Waals surface area contributed by atoms with E-state index >= 15 is 0 Å². The number of nitrogens with zero attached hydrogens (tertiary/aromatic N) is 1. The second kappa shape index (κ2) is 5.14. The van der Waals surface area contributed by atoms with Crippen molar-refractivity contribution in [3.05, 3.63) is 33.3 Å². The van der Waals surface area contributed by atoms with Crippen molar-refractivity contribution in [3.63, 3.8) is 0 Å². The summed E-state index contributed by atoms with van der Waals surface area (Å²) in [7, 11) is 0. The molecule has 0 heterocycles. The Morgan fingerprint density at radius 3 is 2.72 bits per heavy atom. The molecular formula is C13H17ClN2O2. The van der Waals surface area contributed by atoms with Crippen LogP contribution in [-0.4, -0.2) is 11.5 Å². The summed E-state index contributed by atoms with van der Waals surface area (Å²) >= 11 is 5.89. The van der Waals surface area contributed by atoms with E-state index in [9.17, 15) is 10.1 Å². The summed E-state index contributed by atoms with van der Waals surface area (Å²) in [5.41, 5.74) is 0.845. The number of anilines is 1. The molecule has 0 saturated heterocycles. The first-order chi connectivity index (χ1) is 8.50. The van der Waals surface area contributed by atoms with Crippen LogP contribution in [0.4, 0.5) is 11.4 Å². The summed E-state index contributed by atoms with van der Waals surface area (Å²) < 4.78 is 0. The van der Waals surface area contributed by atoms with Crippen molar-refractivity contribution in [2.24, 2.45) is 5.41 Å². The molecule has 0 radical (unpaired) electrons. The number of rotatable bonds is 4. The third-order valence-electron chi connectivity index (χ3n) is 3.67. The van der Waals surface area contributed by atoms with Gasteiger partial charge in [0.25, 0.3) is 5.69 Å². The zero-order valence-electron chi connectivity index (χ0n) is 10.4. The summed E-state index contributed by atoms with van der Waals surface area (Å²) in [6.45, 7) is 2.98. The lowest BCUT2D eigenvalue weighted by Crippen LogP contribution is -2.23. The molecule has 1 N–H and O–H groups in total. The van der Waals surface area contributed by atoms with Crippen LogP contribution in [0.15, 0.2) is 18.2 Å². The van der Waals surface area contributed by atoms with Gasteiger partial charge in [-0.15, -0.1) is 0 Å². The second-order valence-electron chi connectivity index (χ2n) is 5.29. The van der Waals surface area contributed by atoms with Crippen molar-refractivity contribution in [2.75, 3.05) is 11.9 Å². The van der Waals surface area contributed by atoms with Gasteiger partial charge in [0.1, 0.15) is 5.69 Å². The third-order valence-corrected chi connectivity index (χ3v) is 3.91. The molecule has 0 atom stereocenters. The van der Waals surface area contributed by atoms with Crippen molar-refractivity contribution in [1.82, 2.24) is 0 Å². The Kier molecular flexibility index (Phi) is 3.76. The molecule has 0 spiro atoms. The maximum atomic E-state index is 10.9. The van der Waals surface area contributed by atoms with Crippen molar-refractivity contribution in [2.45, 2.75) is 32.6 Å². The Labute approximate surface area is 111 Å². The molecule has 18 heavy (non-hydrogen) atoms. The van der Waals surface area contributed by atoms with E-state index in [0.29, 0.717) is 10.7 Å². The van der Waals surface area contributed by atoms with Gasteiger partial charge >= 0.3 is 0 Å². The van der Waals surface area contributed by atoms with Gasteiger partial charge in [0.05, 0.1) is 4.92 Å². The summed E-state index contributed by atoms with van der Waals surface area (Å²) in [6, 6.07) is 4.61. The van der Waals surface area contributed by atoms with E-state index < -0.39 is 0 Å². The fraction of sp³-hybridized carbons (Fsp3) is 0.538. The standard InChI is InChI=1S/C13H17ClN2O2/c1-13(6-2-3-7-13)9-15-11-8-10(14)4-5-12(11)16(17)18/h4-5,8,15H,2-3,6-7,9H2,1H3. The monoisotopic (exact) mass is 268 g/mol. The van der Waals surface area contributed by atoms with Gasteiger partial charge in [0, 0.05) is 17.6 Å². The van der Waals surface area contributed by atoms with Crippen molar-refractivity contribution in [3.8, 4) is 0 Å². The van der Waals surface area contributed by atoms with Crippen LogP contribution in [0, 0.1) is 15.5 Å². The molecule has 4 nitrogen and oxygen atoms in total. The Morgan fingerprint density at radius 2 is 2.11 bits per heavy atom. The van der Waals surface area contributed by atoms with Crippen LogP contribution in [0.5, 0.6) is 0 Å². The maximum absolute atomic E-state index is 10.9. The fourth-order valence-corrected chi connectivity index (χ4v) is 2.70. The van der Waals surface area contributed by atoms with E-state index in [4.69, 9.17) is 11.6 Å². The average molecular weight is 269 g/mol. The molecular weight excluding hydrogens is 252 g/mol. The van der Waals surface area contributed by atoms with E-state index in [0.717, 1.165) is 6.54 Å². The lowest BCUT2D eigenvalue weighted by atomic mass is 9.89. The predicted octanol–water partition coefficient (Wildman–Crippen LogP) is 4.24. The van der Waals surface area contributed by atoms with E-state index in [1.54, 1.807) is 12.1 Å². The van der Waals surface area contributed by atoms with Gasteiger partial charge < -0.3 is 5.32 Å². The number of hydrogen-bond acceptors (Lipinski definition) is 3. The first-order valence-electron chi connectivity index (χ1n) is 6.18. The molecule has 0 aliphatic heterocycles. The molecule has 1 aromatic rings. The normalized spacial score (nSPS) is 17.7. The molecule has 0 unspecified atom stereocenters. The van der Waals surface area contributed by atoms with Gasteiger partial charge in [-0.25, -0.2) is 0 Å². The van der Waals surface area contributed by atoms with Gasteiger partial charge in [-0.2, -0.15) is 0 Å². The minimum Gasteiger partial charge on any atom is -0.379 e. The van der Waals surface area contributed by atoms with Crippen LogP contribution in [0.1, 0.15) is 32.6 Å². The van der Waals surface area contributed by atoms with Crippen molar-refractivity contribution in [1.29, 1.82) is 0 Å². The molecule has 1 aromatic carbocycles. The summed E-state index contributed by atoms with van der Waals surface area (Å²) in [5.74, 6) is 0. The first-order valence-corrected chi connectivity index (χ1v) is 6.56. The van der Waals surface area contributed by atoms with E-state index in [-0.39, 0.29) is 16.0 Å². The number of hydrogen-bond donors (Lipinski definition) is 1. The lowest BCUT2D eigenvalue weighted by molar-refractivity contribution is -0.384. The third kappa shape index (κ3) is 2.93. The van der Waals surface area contributed by atoms with Crippen LogP contribution in [0.25, 0.3) is 0 Å². The molecule has 0 bridgehead atoms. The minimum absolute atomic E-state index is 0.0843. The van der Waals surface area contributed by atoms with Crippen LogP contribution >= 0.6 is 11.6 Å². The number of halogens is 1. The topological polar surface area (TPSA) is 55.2 Å². The molecule has 1 saturated carbocycles. The van der Waals surface area contributed by atoms with Crippen LogP contribution in [-0.2, 0) is 0 Å². The molecule has 5 heteroatoms. The SMILES string of the molecule is CC1(CNc2cc(Cl)ccc2[N+](=O)[O-])CCCC1. The van der Waals surface area contributed by atoms with E-state index in [1.165, 1.54) is 31.7 Å². The largest absolute Gasteiger partial charge is 0.379 e. The zero-order chi connectivity index (χ0) is 13.2. The number of nitro groups is 1. The highest BCUT2D eigenvalue weighted by atomic mass is 35.5. The van der Waals surface area contributed by atoms with Crippen LogP contribution in [0.2, 0.25) is 5.02 Å². The molecule has 98 valence electrons. The molecule has 1 aliphatic rings. The molecule has 1 aliphatic carbocycles. The Hall–Kier alpha value is -1.29. The van der Waals surface area contributed by atoms with Crippen molar-refractivity contribution >= 4 is 23.0 Å². The second-order valence-corrected chi connectivity index (χ2v) is 5.73. The molecule has 2 rings (SSSR count). The Morgan fingerprint density at radius 1 is 1.44 bits per heavy atom. The van der Waals surface area contributed by atoms with Gasteiger partial charge in [-0.3, -0.25) is 10.1 Å². The first kappa shape index (κ1) is 13.1. The average Bonchev–Trinajstić information content (AvgIpc) is 2.74.